The minimum atomic E-state index is -0.493. The van der Waals surface area contributed by atoms with Crippen LogP contribution in [-0.2, 0) is 4.74 Å². The minimum absolute atomic E-state index is 0.237. The van der Waals surface area contributed by atoms with E-state index >= 15 is 0 Å². The number of nitrogens with one attached hydrogen (secondary N) is 1. The molecule has 21 heavy (non-hydrogen) atoms. The topological polar surface area (TPSA) is 81.2 Å². The van der Waals surface area contributed by atoms with E-state index in [1.807, 2.05) is 19.9 Å². The molecule has 2 aromatic rings. The van der Waals surface area contributed by atoms with Crippen molar-refractivity contribution in [2.75, 3.05) is 12.4 Å². The lowest BCUT2D eigenvalue weighted by molar-refractivity contribution is 0.0600. The monoisotopic (exact) mass is 285 g/mol. The lowest BCUT2D eigenvalue weighted by Crippen LogP contribution is -2.15. The SMILES string of the molecule is COC(=O)c1cccc(C(=O)Nc2nc(C)cc(C)n2)c1. The Morgan fingerprint density at radius 3 is 2.29 bits per heavy atom. The van der Waals surface area contributed by atoms with Crippen molar-refractivity contribution in [3.8, 4) is 0 Å². The lowest BCUT2D eigenvalue weighted by Gasteiger charge is -2.06. The van der Waals surface area contributed by atoms with Gasteiger partial charge in [0.2, 0.25) is 5.95 Å². The zero-order chi connectivity index (χ0) is 15.4. The van der Waals surface area contributed by atoms with Crippen molar-refractivity contribution < 1.29 is 14.3 Å². The summed E-state index contributed by atoms with van der Waals surface area (Å²) in [5.74, 6) is -0.640. The fourth-order valence-corrected chi connectivity index (χ4v) is 1.86. The van der Waals surface area contributed by atoms with Crippen molar-refractivity contribution in [2.24, 2.45) is 0 Å². The van der Waals surface area contributed by atoms with Crippen LogP contribution in [0.3, 0.4) is 0 Å². The van der Waals surface area contributed by atoms with Crippen molar-refractivity contribution in [2.45, 2.75) is 13.8 Å². The number of aromatic nitrogens is 2. The number of hydrogen-bond acceptors (Lipinski definition) is 5. The molecule has 1 aromatic heterocycles. The normalized spacial score (nSPS) is 10.0. The summed E-state index contributed by atoms with van der Waals surface area (Å²) in [6, 6.07) is 8.07. The van der Waals surface area contributed by atoms with Gasteiger partial charge >= 0.3 is 5.97 Å². The molecule has 0 atom stereocenters. The summed E-state index contributed by atoms with van der Waals surface area (Å²) in [6.45, 7) is 3.64. The van der Waals surface area contributed by atoms with E-state index in [0.29, 0.717) is 11.1 Å². The van der Waals surface area contributed by atoms with Crippen LogP contribution in [0.15, 0.2) is 30.3 Å². The maximum absolute atomic E-state index is 12.2. The van der Waals surface area contributed by atoms with Gasteiger partial charge in [0.15, 0.2) is 0 Å². The summed E-state index contributed by atoms with van der Waals surface area (Å²) in [5.41, 5.74) is 2.18. The van der Waals surface area contributed by atoms with E-state index < -0.39 is 5.97 Å². The maximum Gasteiger partial charge on any atom is 0.337 e. The van der Waals surface area contributed by atoms with Crippen molar-refractivity contribution in [1.82, 2.24) is 9.97 Å². The lowest BCUT2D eigenvalue weighted by atomic mass is 10.1. The number of ether oxygens (including phenoxy) is 1. The molecule has 0 spiro atoms. The first kappa shape index (κ1) is 14.6. The van der Waals surface area contributed by atoms with Gasteiger partial charge in [0.25, 0.3) is 5.91 Å². The minimum Gasteiger partial charge on any atom is -0.465 e. The van der Waals surface area contributed by atoms with E-state index in [0.717, 1.165) is 11.4 Å². The first-order chi connectivity index (χ1) is 9.99. The molecule has 1 aromatic carbocycles. The average molecular weight is 285 g/mol. The summed E-state index contributed by atoms with van der Waals surface area (Å²) < 4.78 is 4.63. The number of hydrogen-bond donors (Lipinski definition) is 1. The number of aryl methyl sites for hydroxylation is 2. The number of nitrogens with zero attached hydrogens (tertiary/aromatic N) is 2. The Hall–Kier alpha value is -2.76. The smallest absolute Gasteiger partial charge is 0.337 e. The molecule has 1 heterocycles. The molecule has 108 valence electrons. The number of amides is 1. The van der Waals surface area contributed by atoms with Gasteiger partial charge < -0.3 is 4.74 Å². The number of carbonyl (C=O) groups is 2. The van der Waals surface area contributed by atoms with Crippen molar-refractivity contribution in [1.29, 1.82) is 0 Å². The Kier molecular flexibility index (Phi) is 4.27. The highest BCUT2D eigenvalue weighted by atomic mass is 16.5. The Morgan fingerprint density at radius 1 is 1.05 bits per heavy atom. The second-order valence-electron chi connectivity index (χ2n) is 4.50. The standard InChI is InChI=1S/C15H15N3O3/c1-9-7-10(2)17-15(16-9)18-13(19)11-5-4-6-12(8-11)14(20)21-3/h4-8H,1-3H3,(H,16,17,18,19). The van der Waals surface area contributed by atoms with E-state index in [2.05, 4.69) is 20.0 Å². The van der Waals surface area contributed by atoms with Crippen LogP contribution < -0.4 is 5.32 Å². The molecule has 0 unspecified atom stereocenters. The number of methoxy groups -OCH3 is 1. The summed E-state index contributed by atoms with van der Waals surface area (Å²) in [5, 5.41) is 2.61. The van der Waals surface area contributed by atoms with Crippen molar-refractivity contribution in [3.05, 3.63) is 52.8 Å². The van der Waals surface area contributed by atoms with Crippen LogP contribution in [-0.4, -0.2) is 29.0 Å². The molecule has 1 amide bonds. The van der Waals surface area contributed by atoms with E-state index in [9.17, 15) is 9.59 Å². The maximum atomic E-state index is 12.2. The van der Waals surface area contributed by atoms with Crippen LogP contribution in [0.4, 0.5) is 5.95 Å². The molecule has 0 saturated carbocycles. The predicted molar refractivity (Wildman–Crippen MR) is 77.2 cm³/mol. The molecule has 0 fully saturated rings. The summed E-state index contributed by atoms with van der Waals surface area (Å²) >= 11 is 0. The number of rotatable bonds is 3. The molecule has 1 N–H and O–H groups in total. The van der Waals surface area contributed by atoms with Crippen LogP contribution in [0.2, 0.25) is 0 Å². The summed E-state index contributed by atoms with van der Waals surface area (Å²) in [6.07, 6.45) is 0. The van der Waals surface area contributed by atoms with Gasteiger partial charge in [0, 0.05) is 17.0 Å². The fourth-order valence-electron chi connectivity index (χ4n) is 1.86. The largest absolute Gasteiger partial charge is 0.465 e. The molecule has 0 saturated heterocycles. The molecule has 0 bridgehead atoms. The molecule has 0 aliphatic heterocycles. The molecule has 6 heteroatoms. The number of anilines is 1. The third kappa shape index (κ3) is 3.62. The van der Waals surface area contributed by atoms with Gasteiger partial charge in [-0.1, -0.05) is 6.07 Å². The first-order valence-corrected chi connectivity index (χ1v) is 6.31. The second kappa shape index (κ2) is 6.13. The predicted octanol–water partition coefficient (Wildman–Crippen LogP) is 2.13. The van der Waals surface area contributed by atoms with Crippen LogP contribution in [0.5, 0.6) is 0 Å². The second-order valence-corrected chi connectivity index (χ2v) is 4.50. The zero-order valence-corrected chi connectivity index (χ0v) is 12.0. The van der Waals surface area contributed by atoms with Gasteiger partial charge in [-0.2, -0.15) is 0 Å². The first-order valence-electron chi connectivity index (χ1n) is 6.31. The Bertz CT molecular complexity index is 678. The Balaban J connectivity index is 2.22. The van der Waals surface area contributed by atoms with Crippen LogP contribution >= 0.6 is 0 Å². The number of esters is 1. The van der Waals surface area contributed by atoms with Crippen molar-refractivity contribution in [3.63, 3.8) is 0 Å². The van der Waals surface area contributed by atoms with Gasteiger partial charge in [-0.05, 0) is 38.1 Å². The molecular weight excluding hydrogens is 270 g/mol. The highest BCUT2D eigenvalue weighted by Crippen LogP contribution is 2.10. The molecule has 0 aliphatic carbocycles. The molecule has 6 nitrogen and oxygen atoms in total. The molecule has 0 radical (unpaired) electrons. The van der Waals surface area contributed by atoms with Gasteiger partial charge in [0.1, 0.15) is 0 Å². The Labute approximate surface area is 122 Å². The molecule has 0 aliphatic rings. The fraction of sp³-hybridized carbons (Fsp3) is 0.200. The van der Waals surface area contributed by atoms with E-state index in [1.165, 1.54) is 13.2 Å². The van der Waals surface area contributed by atoms with Gasteiger partial charge in [-0.3, -0.25) is 10.1 Å². The zero-order valence-electron chi connectivity index (χ0n) is 12.0. The third-order valence-electron chi connectivity index (χ3n) is 2.75. The summed E-state index contributed by atoms with van der Waals surface area (Å²) in [7, 11) is 1.29. The Morgan fingerprint density at radius 2 is 1.67 bits per heavy atom. The number of carbonyl (C=O) groups excluding carboxylic acids is 2. The summed E-state index contributed by atoms with van der Waals surface area (Å²) in [4.78, 5) is 31.9. The highest BCUT2D eigenvalue weighted by molar-refractivity contribution is 6.04. The van der Waals surface area contributed by atoms with E-state index in [-0.39, 0.29) is 11.9 Å². The highest BCUT2D eigenvalue weighted by Gasteiger charge is 2.12. The van der Waals surface area contributed by atoms with E-state index in [1.54, 1.807) is 18.2 Å². The van der Waals surface area contributed by atoms with E-state index in [4.69, 9.17) is 0 Å². The molecule has 2 rings (SSSR count). The van der Waals surface area contributed by atoms with Gasteiger partial charge in [-0.25, -0.2) is 14.8 Å². The van der Waals surface area contributed by atoms with Gasteiger partial charge in [-0.15, -0.1) is 0 Å². The van der Waals surface area contributed by atoms with Crippen LogP contribution in [0, 0.1) is 13.8 Å². The number of benzene rings is 1. The van der Waals surface area contributed by atoms with Gasteiger partial charge in [0.05, 0.1) is 12.7 Å². The quantitative estimate of drug-likeness (QED) is 0.874. The van der Waals surface area contributed by atoms with Crippen LogP contribution in [0.1, 0.15) is 32.1 Å². The third-order valence-corrected chi connectivity index (χ3v) is 2.75. The van der Waals surface area contributed by atoms with Crippen LogP contribution in [0.25, 0.3) is 0 Å². The molecular formula is C15H15N3O3. The average Bonchev–Trinajstić information content (AvgIpc) is 2.45. The van der Waals surface area contributed by atoms with Crippen molar-refractivity contribution >= 4 is 17.8 Å².